The van der Waals surface area contributed by atoms with Gasteiger partial charge in [0.25, 0.3) is 10.0 Å². The molecule has 0 radical (unpaired) electrons. The van der Waals surface area contributed by atoms with E-state index in [1.807, 2.05) is 53.3 Å². The van der Waals surface area contributed by atoms with Gasteiger partial charge in [-0.2, -0.15) is 0 Å². The van der Waals surface area contributed by atoms with Crippen molar-refractivity contribution in [2.75, 3.05) is 7.11 Å². The number of rotatable bonds is 9. The number of allylic oxidation sites excluding steroid dienone is 2. The van der Waals surface area contributed by atoms with E-state index in [1.54, 1.807) is 26.2 Å². The van der Waals surface area contributed by atoms with Crippen molar-refractivity contribution in [3.63, 3.8) is 0 Å². The summed E-state index contributed by atoms with van der Waals surface area (Å²) >= 11 is 0. The Morgan fingerprint density at radius 3 is 2.47 bits per heavy atom. The van der Waals surface area contributed by atoms with Crippen molar-refractivity contribution >= 4 is 21.5 Å². The van der Waals surface area contributed by atoms with E-state index in [0.29, 0.717) is 17.7 Å². The number of nitrogens with one attached hydrogen (secondary N) is 1. The Hall–Kier alpha value is -3.50. The molecule has 188 valence electrons. The Kier molecular flexibility index (Phi) is 7.56. The highest BCUT2D eigenvalue weighted by atomic mass is 32.2. The molecule has 1 unspecified atom stereocenters. The Labute approximate surface area is 210 Å². The molecule has 2 aromatic carbocycles. The zero-order chi connectivity index (χ0) is 25.8. The molecule has 1 atom stereocenters. The first-order valence-corrected chi connectivity index (χ1v) is 12.8. The molecule has 4 rings (SSSR count). The number of sulfonamides is 1. The highest BCUT2D eigenvalue weighted by Gasteiger charge is 2.30. The summed E-state index contributed by atoms with van der Waals surface area (Å²) < 4.78 is 44.5. The SMILES string of the molecule is COC1(OCc2cc(C(=O)NS(=O)(=O)c3ccc(CN)cc3)oc2C)C=CC(c2ccccc2)=CC1. The number of hydrogen-bond acceptors (Lipinski definition) is 7. The van der Waals surface area contributed by atoms with Crippen LogP contribution in [0.3, 0.4) is 0 Å². The number of benzene rings is 2. The predicted octanol–water partition coefficient (Wildman–Crippen LogP) is 4.07. The van der Waals surface area contributed by atoms with Gasteiger partial charge in [0, 0.05) is 25.6 Å². The molecule has 1 amide bonds. The van der Waals surface area contributed by atoms with Gasteiger partial charge in [-0.25, -0.2) is 13.1 Å². The van der Waals surface area contributed by atoms with Gasteiger partial charge in [0.05, 0.1) is 11.5 Å². The molecule has 1 aliphatic rings. The number of ether oxygens (including phenoxy) is 2. The third-order valence-corrected chi connectivity index (χ3v) is 7.34. The minimum atomic E-state index is -4.07. The van der Waals surface area contributed by atoms with E-state index in [0.717, 1.165) is 16.7 Å². The molecular formula is C27H28N2O6S. The van der Waals surface area contributed by atoms with Crippen LogP contribution in [0.25, 0.3) is 5.57 Å². The number of hydrogen-bond donors (Lipinski definition) is 2. The Balaban J connectivity index is 1.41. The largest absolute Gasteiger partial charge is 0.456 e. The van der Waals surface area contributed by atoms with Gasteiger partial charge < -0.3 is 19.6 Å². The average Bonchev–Trinajstić information content (AvgIpc) is 3.28. The summed E-state index contributed by atoms with van der Waals surface area (Å²) in [5.41, 5.74) is 9.10. The molecule has 0 fully saturated rings. The smallest absolute Gasteiger partial charge is 0.300 e. The van der Waals surface area contributed by atoms with Gasteiger partial charge in [-0.15, -0.1) is 0 Å². The average molecular weight is 509 g/mol. The highest BCUT2D eigenvalue weighted by molar-refractivity contribution is 7.90. The van der Waals surface area contributed by atoms with Crippen molar-refractivity contribution in [1.29, 1.82) is 0 Å². The maximum Gasteiger partial charge on any atom is 0.300 e. The molecule has 3 N–H and O–H groups in total. The van der Waals surface area contributed by atoms with E-state index in [4.69, 9.17) is 19.6 Å². The fraction of sp³-hybridized carbons (Fsp3) is 0.222. The first-order chi connectivity index (χ1) is 17.2. The van der Waals surface area contributed by atoms with Gasteiger partial charge in [0.15, 0.2) is 11.5 Å². The van der Waals surface area contributed by atoms with Crippen LogP contribution in [0.1, 0.15) is 39.4 Å². The van der Waals surface area contributed by atoms with Crippen LogP contribution in [0.2, 0.25) is 0 Å². The van der Waals surface area contributed by atoms with Gasteiger partial charge in [0.1, 0.15) is 5.76 Å². The molecule has 0 saturated carbocycles. The molecule has 0 saturated heterocycles. The zero-order valence-electron chi connectivity index (χ0n) is 20.1. The maximum atomic E-state index is 12.6. The number of furan rings is 1. The second-order valence-electron chi connectivity index (χ2n) is 8.34. The van der Waals surface area contributed by atoms with Gasteiger partial charge in [-0.1, -0.05) is 54.6 Å². The summed E-state index contributed by atoms with van der Waals surface area (Å²) in [5.74, 6) is -1.54. The predicted molar refractivity (Wildman–Crippen MR) is 135 cm³/mol. The summed E-state index contributed by atoms with van der Waals surface area (Å²) in [5, 5.41) is 0. The number of methoxy groups -OCH3 is 1. The topological polar surface area (TPSA) is 121 Å². The minimum Gasteiger partial charge on any atom is -0.456 e. The van der Waals surface area contributed by atoms with E-state index in [2.05, 4.69) is 0 Å². The molecule has 1 aliphatic carbocycles. The Morgan fingerprint density at radius 2 is 1.86 bits per heavy atom. The van der Waals surface area contributed by atoms with Crippen LogP contribution in [0.5, 0.6) is 0 Å². The normalized spacial score (nSPS) is 17.6. The maximum absolute atomic E-state index is 12.6. The van der Waals surface area contributed by atoms with E-state index >= 15 is 0 Å². The molecule has 1 aromatic heterocycles. The van der Waals surface area contributed by atoms with E-state index in [-0.39, 0.29) is 23.8 Å². The lowest BCUT2D eigenvalue weighted by molar-refractivity contribution is -0.193. The second kappa shape index (κ2) is 10.6. The standard InChI is InChI=1S/C27H28N2O6S/c1-19-23(18-34-27(33-2)14-12-22(13-15-27)21-6-4-3-5-7-21)16-25(35-19)26(30)29-36(31,32)24-10-8-20(17-28)9-11-24/h3-14,16H,15,17-18,28H2,1-2H3,(H,29,30). The van der Waals surface area contributed by atoms with Crippen LogP contribution in [0.4, 0.5) is 0 Å². The number of carbonyl (C=O) groups is 1. The highest BCUT2D eigenvalue weighted by Crippen LogP contribution is 2.31. The van der Waals surface area contributed by atoms with Crippen molar-refractivity contribution < 1.29 is 27.1 Å². The summed E-state index contributed by atoms with van der Waals surface area (Å²) in [4.78, 5) is 12.6. The van der Waals surface area contributed by atoms with Crippen LogP contribution in [-0.2, 0) is 32.6 Å². The lowest BCUT2D eigenvalue weighted by Gasteiger charge is -2.31. The summed E-state index contributed by atoms with van der Waals surface area (Å²) in [6, 6.07) is 17.4. The zero-order valence-corrected chi connectivity index (χ0v) is 20.9. The van der Waals surface area contributed by atoms with Crippen LogP contribution in [-0.4, -0.2) is 27.2 Å². The molecule has 36 heavy (non-hydrogen) atoms. The molecule has 0 aliphatic heterocycles. The number of carbonyl (C=O) groups excluding carboxylic acids is 1. The van der Waals surface area contributed by atoms with E-state index in [1.165, 1.54) is 18.2 Å². The van der Waals surface area contributed by atoms with Gasteiger partial charge in [-0.3, -0.25) is 4.79 Å². The van der Waals surface area contributed by atoms with Crippen molar-refractivity contribution in [3.05, 3.63) is 107 Å². The van der Waals surface area contributed by atoms with Crippen molar-refractivity contribution in [3.8, 4) is 0 Å². The van der Waals surface area contributed by atoms with Crippen LogP contribution < -0.4 is 10.5 Å². The van der Waals surface area contributed by atoms with Crippen molar-refractivity contribution in [2.24, 2.45) is 5.73 Å². The van der Waals surface area contributed by atoms with Crippen LogP contribution >= 0.6 is 0 Å². The fourth-order valence-electron chi connectivity index (χ4n) is 3.78. The third kappa shape index (κ3) is 5.66. The molecule has 3 aromatic rings. The summed E-state index contributed by atoms with van der Waals surface area (Å²) in [6.45, 7) is 2.07. The quantitative estimate of drug-likeness (QED) is 0.418. The molecule has 0 spiro atoms. The summed E-state index contributed by atoms with van der Waals surface area (Å²) in [7, 11) is -2.51. The number of nitrogens with two attached hydrogens (primary N) is 1. The van der Waals surface area contributed by atoms with Crippen molar-refractivity contribution in [1.82, 2.24) is 4.72 Å². The molecule has 1 heterocycles. The lowest BCUT2D eigenvalue weighted by Crippen LogP contribution is -2.33. The monoisotopic (exact) mass is 508 g/mol. The van der Waals surface area contributed by atoms with Crippen LogP contribution in [0.15, 0.2) is 88.2 Å². The van der Waals surface area contributed by atoms with E-state index < -0.39 is 21.7 Å². The van der Waals surface area contributed by atoms with Crippen LogP contribution in [0, 0.1) is 6.92 Å². The number of amides is 1. The third-order valence-electron chi connectivity index (χ3n) is 5.99. The first kappa shape index (κ1) is 25.6. The Bertz CT molecular complexity index is 1390. The lowest BCUT2D eigenvalue weighted by atomic mass is 9.96. The molecular weight excluding hydrogens is 480 g/mol. The molecule has 0 bridgehead atoms. The van der Waals surface area contributed by atoms with Gasteiger partial charge in [0.2, 0.25) is 0 Å². The minimum absolute atomic E-state index is 0.0473. The molecule has 8 nitrogen and oxygen atoms in total. The second-order valence-corrected chi connectivity index (χ2v) is 10.0. The van der Waals surface area contributed by atoms with Gasteiger partial charge >= 0.3 is 5.91 Å². The first-order valence-electron chi connectivity index (χ1n) is 11.3. The molecule has 9 heteroatoms. The summed E-state index contributed by atoms with van der Waals surface area (Å²) in [6.07, 6.45) is 6.36. The van der Waals surface area contributed by atoms with E-state index in [9.17, 15) is 13.2 Å². The number of aryl methyl sites for hydroxylation is 1. The fourth-order valence-corrected chi connectivity index (χ4v) is 4.73. The van der Waals surface area contributed by atoms with Crippen molar-refractivity contribution in [2.45, 2.75) is 37.2 Å². The van der Waals surface area contributed by atoms with Gasteiger partial charge in [-0.05, 0) is 47.9 Å². The Morgan fingerprint density at radius 1 is 1.14 bits per heavy atom.